The van der Waals surface area contributed by atoms with E-state index in [1.807, 2.05) is 23.0 Å². The number of anilines is 1. The molecule has 1 saturated carbocycles. The second-order valence-corrected chi connectivity index (χ2v) is 10.3. The number of carbonyl (C=O) groups is 1. The van der Waals surface area contributed by atoms with Crippen LogP contribution in [-0.2, 0) is 6.18 Å². The molecule has 1 N–H and O–H groups in total. The molecule has 36 heavy (non-hydrogen) atoms. The molecule has 0 spiro atoms. The summed E-state index contributed by atoms with van der Waals surface area (Å²) in [7, 11) is 0. The number of alkyl halides is 3. The Kier molecular flexibility index (Phi) is 5.81. The first kappa shape index (κ1) is 24.0. The van der Waals surface area contributed by atoms with E-state index in [0.29, 0.717) is 28.9 Å². The minimum absolute atomic E-state index is 0.254. The Morgan fingerprint density at radius 1 is 1.06 bits per heavy atom. The van der Waals surface area contributed by atoms with Crippen molar-refractivity contribution in [3.05, 3.63) is 72.3 Å². The van der Waals surface area contributed by atoms with Gasteiger partial charge < -0.3 is 5.32 Å². The lowest BCUT2D eigenvalue weighted by Gasteiger charge is -2.43. The molecule has 6 nitrogen and oxygen atoms in total. The van der Waals surface area contributed by atoms with Gasteiger partial charge in [-0.3, -0.25) is 14.5 Å². The highest BCUT2D eigenvalue weighted by Gasteiger charge is 2.38. The van der Waals surface area contributed by atoms with Crippen LogP contribution in [0.5, 0.6) is 0 Å². The highest BCUT2D eigenvalue weighted by molar-refractivity contribution is 6.06. The summed E-state index contributed by atoms with van der Waals surface area (Å²) in [5.74, 6) is -0.106. The first-order valence-electron chi connectivity index (χ1n) is 11.8. The molecule has 9 heteroatoms. The Balaban J connectivity index is 1.49. The fourth-order valence-electron chi connectivity index (χ4n) is 4.53. The van der Waals surface area contributed by atoms with Crippen molar-refractivity contribution in [1.29, 1.82) is 0 Å². The molecule has 0 aliphatic heterocycles. The number of amides is 1. The highest BCUT2D eigenvalue weighted by atomic mass is 19.4. The topological polar surface area (TPSA) is 72.7 Å². The summed E-state index contributed by atoms with van der Waals surface area (Å²) >= 11 is 0. The van der Waals surface area contributed by atoms with Gasteiger partial charge in [-0.25, -0.2) is 4.98 Å². The average molecular weight is 494 g/mol. The van der Waals surface area contributed by atoms with Gasteiger partial charge in [0.2, 0.25) is 0 Å². The molecule has 5 rings (SSSR count). The van der Waals surface area contributed by atoms with Gasteiger partial charge in [-0.1, -0.05) is 32.9 Å². The van der Waals surface area contributed by atoms with Crippen LogP contribution in [0.3, 0.4) is 0 Å². The Labute approximate surface area is 206 Å². The number of hydrogen-bond donors (Lipinski definition) is 1. The van der Waals surface area contributed by atoms with Crippen LogP contribution in [0.2, 0.25) is 0 Å². The van der Waals surface area contributed by atoms with E-state index in [4.69, 9.17) is 5.10 Å². The van der Waals surface area contributed by atoms with Crippen molar-refractivity contribution < 1.29 is 18.0 Å². The monoisotopic (exact) mass is 493 g/mol. The molecule has 1 aliphatic carbocycles. The van der Waals surface area contributed by atoms with E-state index in [0.717, 1.165) is 29.8 Å². The van der Waals surface area contributed by atoms with E-state index in [1.165, 1.54) is 12.1 Å². The maximum absolute atomic E-state index is 13.1. The van der Waals surface area contributed by atoms with Crippen LogP contribution in [0.1, 0.15) is 55.8 Å². The van der Waals surface area contributed by atoms with Crippen molar-refractivity contribution in [2.45, 2.75) is 45.8 Å². The summed E-state index contributed by atoms with van der Waals surface area (Å²) in [5.41, 5.74) is 1.22. The molecule has 3 heterocycles. The first-order valence-corrected chi connectivity index (χ1v) is 11.8. The maximum Gasteiger partial charge on any atom is 0.433 e. The summed E-state index contributed by atoms with van der Waals surface area (Å²) < 4.78 is 41.3. The normalized spacial score (nSPS) is 18.2. The standard InChI is InChI=1S/C27H26F3N5O/c1-26(2,3)17-12-18(13-17)35-15-16-11-23(19(14-22(16)34-35)20-7-4-5-10-31-20)33-25(36)21-8-6-9-24(32-21)27(28,29)30/h4-11,14-15,17-18H,12-13H2,1-3H3,(H,33,36). The van der Waals surface area contributed by atoms with Crippen LogP contribution < -0.4 is 5.32 Å². The highest BCUT2D eigenvalue weighted by Crippen LogP contribution is 2.47. The smallest absolute Gasteiger partial charge is 0.320 e. The molecule has 1 amide bonds. The Morgan fingerprint density at radius 3 is 2.50 bits per heavy atom. The molecule has 1 aliphatic rings. The van der Waals surface area contributed by atoms with E-state index in [9.17, 15) is 18.0 Å². The maximum atomic E-state index is 13.1. The van der Waals surface area contributed by atoms with Gasteiger partial charge in [0.25, 0.3) is 5.91 Å². The van der Waals surface area contributed by atoms with Crippen LogP contribution in [0.4, 0.5) is 18.9 Å². The number of carbonyl (C=O) groups excluding carboxylic acids is 1. The predicted octanol–water partition coefficient (Wildman–Crippen LogP) is 6.76. The number of hydrogen-bond acceptors (Lipinski definition) is 4. The fourth-order valence-corrected chi connectivity index (χ4v) is 4.53. The summed E-state index contributed by atoms with van der Waals surface area (Å²) in [6, 6.07) is 12.6. The zero-order valence-corrected chi connectivity index (χ0v) is 20.2. The summed E-state index contributed by atoms with van der Waals surface area (Å²) in [6.45, 7) is 6.75. The summed E-state index contributed by atoms with van der Waals surface area (Å²) in [5, 5.41) is 8.36. The number of halogens is 3. The number of aromatic nitrogens is 4. The van der Waals surface area contributed by atoms with E-state index >= 15 is 0 Å². The van der Waals surface area contributed by atoms with Gasteiger partial charge >= 0.3 is 6.18 Å². The molecular formula is C27H26F3N5O. The van der Waals surface area contributed by atoms with Gasteiger partial charge in [0.15, 0.2) is 0 Å². The first-order chi connectivity index (χ1) is 17.0. The second kappa shape index (κ2) is 8.72. The zero-order valence-electron chi connectivity index (χ0n) is 20.2. The lowest BCUT2D eigenvalue weighted by atomic mass is 9.66. The quantitative estimate of drug-likeness (QED) is 0.341. The number of nitrogens with zero attached hydrogens (tertiary/aromatic N) is 4. The minimum atomic E-state index is -4.64. The van der Waals surface area contributed by atoms with E-state index < -0.39 is 17.8 Å². The largest absolute Gasteiger partial charge is 0.433 e. The van der Waals surface area contributed by atoms with Gasteiger partial charge in [-0.15, -0.1) is 0 Å². The van der Waals surface area contributed by atoms with Crippen molar-refractivity contribution in [3.63, 3.8) is 0 Å². The molecule has 0 radical (unpaired) electrons. The number of benzene rings is 1. The lowest BCUT2D eigenvalue weighted by Crippen LogP contribution is -2.35. The molecule has 0 unspecified atom stereocenters. The van der Waals surface area contributed by atoms with Gasteiger partial charge in [0.05, 0.1) is 22.9 Å². The van der Waals surface area contributed by atoms with Crippen molar-refractivity contribution in [1.82, 2.24) is 19.7 Å². The Bertz CT molecular complexity index is 1420. The molecule has 4 aromatic rings. The van der Waals surface area contributed by atoms with Crippen molar-refractivity contribution >= 4 is 22.5 Å². The number of rotatable bonds is 4. The third kappa shape index (κ3) is 4.69. The van der Waals surface area contributed by atoms with E-state index in [1.54, 1.807) is 24.4 Å². The van der Waals surface area contributed by atoms with E-state index in [2.05, 4.69) is 36.1 Å². The van der Waals surface area contributed by atoms with Crippen LogP contribution in [0, 0.1) is 11.3 Å². The molecule has 0 saturated heterocycles. The van der Waals surface area contributed by atoms with E-state index in [-0.39, 0.29) is 11.1 Å². The van der Waals surface area contributed by atoms with Gasteiger partial charge in [0.1, 0.15) is 11.4 Å². The van der Waals surface area contributed by atoms with Crippen LogP contribution >= 0.6 is 0 Å². The Hall–Kier alpha value is -3.75. The van der Waals surface area contributed by atoms with Crippen LogP contribution in [0.25, 0.3) is 22.2 Å². The molecule has 0 bridgehead atoms. The third-order valence-electron chi connectivity index (χ3n) is 6.83. The van der Waals surface area contributed by atoms with Gasteiger partial charge in [-0.2, -0.15) is 18.3 Å². The van der Waals surface area contributed by atoms with Gasteiger partial charge in [0, 0.05) is 23.3 Å². The SMILES string of the molecule is CC(C)(C)C1CC(n2cc3cc(NC(=O)c4cccc(C(F)(F)F)n4)c(-c4ccccn4)cc3n2)C1. The Morgan fingerprint density at radius 2 is 1.83 bits per heavy atom. The number of fused-ring (bicyclic) bond motifs is 1. The average Bonchev–Trinajstić information content (AvgIpc) is 3.19. The number of nitrogens with one attached hydrogen (secondary N) is 1. The van der Waals surface area contributed by atoms with Crippen LogP contribution in [-0.4, -0.2) is 25.7 Å². The summed E-state index contributed by atoms with van der Waals surface area (Å²) in [4.78, 5) is 20.8. The number of pyridine rings is 2. The van der Waals surface area contributed by atoms with Crippen molar-refractivity contribution in [3.8, 4) is 11.3 Å². The molecule has 0 atom stereocenters. The minimum Gasteiger partial charge on any atom is -0.320 e. The fraction of sp³-hybridized carbons (Fsp3) is 0.333. The van der Waals surface area contributed by atoms with Crippen molar-refractivity contribution in [2.75, 3.05) is 5.32 Å². The van der Waals surface area contributed by atoms with Crippen molar-refractivity contribution in [2.24, 2.45) is 11.3 Å². The second-order valence-electron chi connectivity index (χ2n) is 10.3. The predicted molar refractivity (Wildman–Crippen MR) is 131 cm³/mol. The summed E-state index contributed by atoms with van der Waals surface area (Å²) in [6.07, 6.45) is 1.06. The third-order valence-corrected chi connectivity index (χ3v) is 6.83. The molecule has 1 aromatic carbocycles. The van der Waals surface area contributed by atoms with Gasteiger partial charge in [-0.05, 0) is 60.6 Å². The molecular weight excluding hydrogens is 467 g/mol. The lowest BCUT2D eigenvalue weighted by molar-refractivity contribution is -0.141. The molecule has 3 aromatic heterocycles. The molecule has 186 valence electrons. The van der Waals surface area contributed by atoms with Crippen LogP contribution in [0.15, 0.2) is 60.9 Å². The zero-order chi connectivity index (χ0) is 25.7. The molecule has 1 fully saturated rings.